The van der Waals surface area contributed by atoms with Gasteiger partial charge in [-0.1, -0.05) is 49.2 Å². The molecular weight excluding hydrogens is 401 g/mol. The SMILES string of the molecule is CC(C)c1nn(CC(=O)NC2CC(C)(O)C2)c(=O)cc1-c1cccc(Cl)c1Cl. The zero-order valence-corrected chi connectivity index (χ0v) is 17.5. The molecule has 0 aliphatic heterocycles. The lowest BCUT2D eigenvalue weighted by molar-refractivity contribution is -0.125. The number of benzene rings is 1. The fourth-order valence-electron chi connectivity index (χ4n) is 3.49. The summed E-state index contributed by atoms with van der Waals surface area (Å²) in [6, 6.07) is 6.60. The molecule has 0 spiro atoms. The van der Waals surface area contributed by atoms with Crippen LogP contribution in [0.15, 0.2) is 29.1 Å². The minimum Gasteiger partial charge on any atom is -0.390 e. The molecule has 1 saturated carbocycles. The largest absolute Gasteiger partial charge is 0.390 e. The first-order chi connectivity index (χ1) is 13.1. The van der Waals surface area contributed by atoms with Gasteiger partial charge < -0.3 is 10.4 Å². The maximum absolute atomic E-state index is 12.6. The molecule has 2 aromatic rings. The molecule has 1 aliphatic rings. The van der Waals surface area contributed by atoms with Crippen LogP contribution in [0, 0.1) is 0 Å². The number of nitrogens with zero attached hydrogens (tertiary/aromatic N) is 2. The number of rotatable bonds is 5. The molecule has 0 atom stereocenters. The van der Waals surface area contributed by atoms with Gasteiger partial charge in [0.15, 0.2) is 0 Å². The molecule has 0 saturated heterocycles. The number of aliphatic hydroxyl groups is 1. The zero-order valence-electron chi connectivity index (χ0n) is 16.0. The van der Waals surface area contributed by atoms with Crippen LogP contribution < -0.4 is 10.9 Å². The quantitative estimate of drug-likeness (QED) is 0.771. The smallest absolute Gasteiger partial charge is 0.267 e. The minimum absolute atomic E-state index is 0.00156. The Hall–Kier alpha value is -1.89. The molecule has 1 fully saturated rings. The Kier molecular flexibility index (Phi) is 5.84. The average Bonchev–Trinajstić information content (AvgIpc) is 2.57. The third-order valence-electron chi connectivity index (χ3n) is 4.85. The molecule has 1 aromatic carbocycles. The summed E-state index contributed by atoms with van der Waals surface area (Å²) in [4.78, 5) is 24.9. The molecule has 1 heterocycles. The lowest BCUT2D eigenvalue weighted by Crippen LogP contribution is -2.54. The number of amides is 1. The van der Waals surface area contributed by atoms with Crippen molar-refractivity contribution < 1.29 is 9.90 Å². The van der Waals surface area contributed by atoms with Crippen LogP contribution in [0.2, 0.25) is 10.0 Å². The van der Waals surface area contributed by atoms with E-state index >= 15 is 0 Å². The van der Waals surface area contributed by atoms with Crippen molar-refractivity contribution in [3.8, 4) is 11.1 Å². The molecule has 150 valence electrons. The van der Waals surface area contributed by atoms with Crippen LogP contribution in [-0.4, -0.2) is 32.4 Å². The molecule has 0 bridgehead atoms. The number of hydrogen-bond acceptors (Lipinski definition) is 4. The summed E-state index contributed by atoms with van der Waals surface area (Å²) < 4.78 is 1.16. The van der Waals surface area contributed by atoms with Gasteiger partial charge in [-0.3, -0.25) is 9.59 Å². The van der Waals surface area contributed by atoms with Crippen molar-refractivity contribution in [3.05, 3.63) is 50.4 Å². The molecule has 0 radical (unpaired) electrons. The molecular formula is C20H23Cl2N3O3. The van der Waals surface area contributed by atoms with Crippen molar-refractivity contribution in [2.75, 3.05) is 0 Å². The van der Waals surface area contributed by atoms with E-state index in [1.54, 1.807) is 25.1 Å². The molecule has 1 aromatic heterocycles. The standard InChI is InChI=1S/C20H23Cl2N3O3/c1-11(2)19-14(13-5-4-6-15(21)18(13)22)7-17(27)25(24-19)10-16(26)23-12-8-20(3,28)9-12/h4-7,11-12,28H,8-10H2,1-3H3,(H,23,26). The number of hydrogen-bond donors (Lipinski definition) is 2. The third kappa shape index (κ3) is 4.40. The Bertz CT molecular complexity index is 962. The van der Waals surface area contributed by atoms with Crippen LogP contribution in [0.5, 0.6) is 0 Å². The molecule has 1 amide bonds. The van der Waals surface area contributed by atoms with Gasteiger partial charge >= 0.3 is 0 Å². The van der Waals surface area contributed by atoms with E-state index in [0.717, 1.165) is 4.68 Å². The number of carbonyl (C=O) groups excluding carboxylic acids is 1. The first kappa shape index (κ1) is 20.8. The summed E-state index contributed by atoms with van der Waals surface area (Å²) >= 11 is 12.4. The van der Waals surface area contributed by atoms with E-state index in [9.17, 15) is 14.7 Å². The van der Waals surface area contributed by atoms with Crippen molar-refractivity contribution in [3.63, 3.8) is 0 Å². The van der Waals surface area contributed by atoms with Gasteiger partial charge in [0.1, 0.15) is 6.54 Å². The highest BCUT2D eigenvalue weighted by Crippen LogP contribution is 2.36. The summed E-state index contributed by atoms with van der Waals surface area (Å²) in [7, 11) is 0. The Morgan fingerprint density at radius 2 is 2.04 bits per heavy atom. The van der Waals surface area contributed by atoms with E-state index < -0.39 is 11.2 Å². The normalized spacial score (nSPS) is 21.5. The molecule has 2 N–H and O–H groups in total. The minimum atomic E-state index is -0.726. The second-order valence-electron chi connectivity index (χ2n) is 7.86. The Morgan fingerprint density at radius 1 is 1.36 bits per heavy atom. The number of halogens is 2. The Balaban J connectivity index is 1.88. The molecule has 8 heteroatoms. The van der Waals surface area contributed by atoms with Gasteiger partial charge in [0.05, 0.1) is 21.3 Å². The van der Waals surface area contributed by atoms with Crippen molar-refractivity contribution in [1.29, 1.82) is 0 Å². The van der Waals surface area contributed by atoms with Crippen LogP contribution in [0.1, 0.15) is 45.2 Å². The number of nitrogens with one attached hydrogen (secondary N) is 1. The molecule has 1 aliphatic carbocycles. The first-order valence-electron chi connectivity index (χ1n) is 9.15. The summed E-state index contributed by atoms with van der Waals surface area (Å²) in [5.41, 5.74) is 0.778. The van der Waals surface area contributed by atoms with Crippen molar-refractivity contribution in [1.82, 2.24) is 15.1 Å². The van der Waals surface area contributed by atoms with E-state index in [4.69, 9.17) is 23.2 Å². The van der Waals surface area contributed by atoms with Gasteiger partial charge in [0.2, 0.25) is 5.91 Å². The van der Waals surface area contributed by atoms with Crippen LogP contribution in [0.4, 0.5) is 0 Å². The van der Waals surface area contributed by atoms with Gasteiger partial charge in [0.25, 0.3) is 5.56 Å². The fraction of sp³-hybridized carbons (Fsp3) is 0.450. The van der Waals surface area contributed by atoms with E-state index in [0.29, 0.717) is 39.7 Å². The molecule has 28 heavy (non-hydrogen) atoms. The second-order valence-corrected chi connectivity index (χ2v) is 8.65. The average molecular weight is 424 g/mol. The highest BCUT2D eigenvalue weighted by atomic mass is 35.5. The predicted octanol–water partition coefficient (Wildman–Crippen LogP) is 3.37. The zero-order chi connectivity index (χ0) is 20.6. The lowest BCUT2D eigenvalue weighted by atomic mass is 9.77. The van der Waals surface area contributed by atoms with E-state index in [-0.39, 0.29) is 24.4 Å². The molecule has 3 rings (SSSR count). The number of carbonyl (C=O) groups is 1. The van der Waals surface area contributed by atoms with Crippen LogP contribution in [0.3, 0.4) is 0 Å². The van der Waals surface area contributed by atoms with Crippen LogP contribution >= 0.6 is 23.2 Å². The topological polar surface area (TPSA) is 84.2 Å². The summed E-state index contributed by atoms with van der Waals surface area (Å²) in [6.45, 7) is 5.46. The van der Waals surface area contributed by atoms with Gasteiger partial charge in [-0.05, 0) is 31.7 Å². The Labute approximate surface area is 173 Å². The predicted molar refractivity (Wildman–Crippen MR) is 110 cm³/mol. The van der Waals surface area contributed by atoms with Gasteiger partial charge in [-0.15, -0.1) is 0 Å². The van der Waals surface area contributed by atoms with E-state index in [1.807, 2.05) is 13.8 Å². The van der Waals surface area contributed by atoms with Gasteiger partial charge in [-0.25, -0.2) is 4.68 Å². The maximum Gasteiger partial charge on any atom is 0.267 e. The highest BCUT2D eigenvalue weighted by Gasteiger charge is 2.39. The monoisotopic (exact) mass is 423 g/mol. The maximum atomic E-state index is 12.6. The van der Waals surface area contributed by atoms with Crippen LogP contribution in [-0.2, 0) is 11.3 Å². The highest BCUT2D eigenvalue weighted by molar-refractivity contribution is 6.43. The summed E-state index contributed by atoms with van der Waals surface area (Å²) in [5, 5.41) is 17.8. The first-order valence-corrected chi connectivity index (χ1v) is 9.91. The number of aromatic nitrogens is 2. The van der Waals surface area contributed by atoms with Crippen molar-refractivity contribution in [2.45, 2.75) is 57.7 Å². The van der Waals surface area contributed by atoms with Gasteiger partial charge in [-0.2, -0.15) is 5.10 Å². The molecule has 6 nitrogen and oxygen atoms in total. The third-order valence-corrected chi connectivity index (χ3v) is 5.66. The van der Waals surface area contributed by atoms with Gasteiger partial charge in [0, 0.05) is 23.2 Å². The Morgan fingerprint density at radius 3 is 2.64 bits per heavy atom. The summed E-state index contributed by atoms with van der Waals surface area (Å²) in [5.74, 6) is -0.306. The van der Waals surface area contributed by atoms with Crippen molar-refractivity contribution in [2.24, 2.45) is 0 Å². The van der Waals surface area contributed by atoms with Crippen molar-refractivity contribution >= 4 is 29.1 Å². The second kappa shape index (κ2) is 7.85. The van der Waals surface area contributed by atoms with Crippen LogP contribution in [0.25, 0.3) is 11.1 Å². The summed E-state index contributed by atoms with van der Waals surface area (Å²) in [6.07, 6.45) is 1.01. The lowest BCUT2D eigenvalue weighted by Gasteiger charge is -2.41. The van der Waals surface area contributed by atoms with E-state index in [1.165, 1.54) is 6.07 Å². The molecule has 0 unspecified atom stereocenters. The fourth-order valence-corrected chi connectivity index (χ4v) is 3.89. The van der Waals surface area contributed by atoms with E-state index in [2.05, 4.69) is 10.4 Å².